The van der Waals surface area contributed by atoms with E-state index in [0.29, 0.717) is 23.4 Å². The molecule has 0 spiro atoms. The van der Waals surface area contributed by atoms with E-state index in [9.17, 15) is 14.0 Å². The minimum atomic E-state index is -0.867. The van der Waals surface area contributed by atoms with Crippen LogP contribution in [0.4, 0.5) is 4.39 Å². The topological polar surface area (TPSA) is 69.0 Å². The number of nitrogens with one attached hydrogen (secondary N) is 2. The van der Waals surface area contributed by atoms with E-state index in [2.05, 4.69) is 9.97 Å². The Balaban J connectivity index is 2.35. The van der Waals surface area contributed by atoms with Crippen LogP contribution in [0.25, 0.3) is 0 Å². The first-order valence-electron chi connectivity index (χ1n) is 6.27. The summed E-state index contributed by atoms with van der Waals surface area (Å²) >= 11 is 0. The minimum Gasteiger partial charge on any atom is -0.309 e. The number of nitrogens with zero attached hydrogens (tertiary/aromatic N) is 1. The monoisotopic (exact) mass is 275 g/mol. The number of hydrogen-bond acceptors (Lipinski definition) is 3. The molecule has 20 heavy (non-hydrogen) atoms. The van der Waals surface area contributed by atoms with Crippen molar-refractivity contribution in [1.29, 1.82) is 0 Å². The standard InChI is InChI=1S/C14H14FN3O2/c1-14(9-5-3-4-6-10(9)15)11-8(7-18(14)2)12(19)17-13(20)16-11/h3-6H,7H2,1-2H3,(H2,16,17,19,20). The molecule has 0 saturated heterocycles. The fourth-order valence-electron chi connectivity index (χ4n) is 2.86. The van der Waals surface area contributed by atoms with Gasteiger partial charge in [-0.25, -0.2) is 9.18 Å². The van der Waals surface area contributed by atoms with Gasteiger partial charge in [0.2, 0.25) is 0 Å². The van der Waals surface area contributed by atoms with Gasteiger partial charge in [0.05, 0.1) is 16.8 Å². The van der Waals surface area contributed by atoms with Gasteiger partial charge in [0.15, 0.2) is 0 Å². The normalized spacial score (nSPS) is 21.9. The number of H-pyrrole nitrogens is 2. The van der Waals surface area contributed by atoms with Crippen molar-refractivity contribution >= 4 is 0 Å². The third-order valence-electron chi connectivity index (χ3n) is 4.09. The molecule has 6 heteroatoms. The number of benzene rings is 1. The molecule has 1 aliphatic heterocycles. The molecule has 0 aliphatic carbocycles. The van der Waals surface area contributed by atoms with Crippen LogP contribution in [0.2, 0.25) is 0 Å². The SMILES string of the molecule is CN1Cc2c([nH]c(=O)[nH]c2=O)C1(C)c1ccccc1F. The number of aromatic nitrogens is 2. The summed E-state index contributed by atoms with van der Waals surface area (Å²) in [5, 5.41) is 0. The molecule has 0 bridgehead atoms. The van der Waals surface area contributed by atoms with Crippen molar-refractivity contribution in [3.05, 3.63) is 67.7 Å². The zero-order valence-corrected chi connectivity index (χ0v) is 11.2. The average Bonchev–Trinajstić information content (AvgIpc) is 2.65. The molecule has 5 nitrogen and oxygen atoms in total. The summed E-state index contributed by atoms with van der Waals surface area (Å²) in [6.45, 7) is 2.15. The summed E-state index contributed by atoms with van der Waals surface area (Å²) in [6, 6.07) is 6.39. The van der Waals surface area contributed by atoms with Crippen LogP contribution in [0, 0.1) is 5.82 Å². The maximum Gasteiger partial charge on any atom is 0.325 e. The second kappa shape index (κ2) is 4.14. The van der Waals surface area contributed by atoms with Crippen molar-refractivity contribution in [2.45, 2.75) is 19.0 Å². The first-order chi connectivity index (χ1) is 9.44. The van der Waals surface area contributed by atoms with Gasteiger partial charge in [-0.1, -0.05) is 18.2 Å². The van der Waals surface area contributed by atoms with Gasteiger partial charge in [-0.2, -0.15) is 0 Å². The molecular formula is C14H14FN3O2. The Kier molecular flexibility index (Phi) is 2.65. The molecule has 104 valence electrons. The molecule has 1 aromatic carbocycles. The van der Waals surface area contributed by atoms with Crippen LogP contribution in [0.3, 0.4) is 0 Å². The molecular weight excluding hydrogens is 261 g/mol. The van der Waals surface area contributed by atoms with Gasteiger partial charge in [-0.05, 0) is 20.0 Å². The zero-order chi connectivity index (χ0) is 14.5. The third-order valence-corrected chi connectivity index (χ3v) is 4.09. The molecule has 0 saturated carbocycles. The number of fused-ring (bicyclic) bond motifs is 1. The number of halogens is 1. The Labute approximate surface area is 114 Å². The lowest BCUT2D eigenvalue weighted by atomic mass is 9.88. The van der Waals surface area contributed by atoms with Crippen molar-refractivity contribution in [1.82, 2.24) is 14.9 Å². The Morgan fingerprint density at radius 2 is 1.95 bits per heavy atom. The molecule has 1 aromatic heterocycles. The quantitative estimate of drug-likeness (QED) is 0.813. The van der Waals surface area contributed by atoms with Crippen LogP contribution in [0.5, 0.6) is 0 Å². The van der Waals surface area contributed by atoms with Crippen LogP contribution in [-0.4, -0.2) is 21.9 Å². The Morgan fingerprint density at radius 3 is 2.65 bits per heavy atom. The minimum absolute atomic E-state index is 0.353. The zero-order valence-electron chi connectivity index (χ0n) is 11.2. The highest BCUT2D eigenvalue weighted by Gasteiger charge is 2.44. The fraction of sp³-hybridized carbons (Fsp3) is 0.286. The Hall–Kier alpha value is -2.21. The summed E-state index contributed by atoms with van der Waals surface area (Å²) in [6.07, 6.45) is 0. The second-order valence-electron chi connectivity index (χ2n) is 5.17. The molecule has 3 rings (SSSR count). The van der Waals surface area contributed by atoms with Gasteiger partial charge >= 0.3 is 5.69 Å². The number of rotatable bonds is 1. The molecule has 1 aliphatic rings. The van der Waals surface area contributed by atoms with Gasteiger partial charge in [-0.15, -0.1) is 0 Å². The highest BCUT2D eigenvalue weighted by atomic mass is 19.1. The van der Waals surface area contributed by atoms with Crippen LogP contribution < -0.4 is 11.2 Å². The first-order valence-corrected chi connectivity index (χ1v) is 6.27. The van der Waals surface area contributed by atoms with Crippen molar-refractivity contribution in [3.63, 3.8) is 0 Å². The lowest BCUT2D eigenvalue weighted by Crippen LogP contribution is -2.39. The Bertz CT molecular complexity index is 795. The van der Waals surface area contributed by atoms with Gasteiger partial charge in [0.1, 0.15) is 5.82 Å². The van der Waals surface area contributed by atoms with E-state index in [-0.39, 0.29) is 5.82 Å². The van der Waals surface area contributed by atoms with Gasteiger partial charge in [0.25, 0.3) is 5.56 Å². The molecule has 0 fully saturated rings. The summed E-state index contributed by atoms with van der Waals surface area (Å²) in [5.41, 5.74) is -0.504. The van der Waals surface area contributed by atoms with Gasteiger partial charge in [-0.3, -0.25) is 14.7 Å². The van der Waals surface area contributed by atoms with Crippen LogP contribution in [0.15, 0.2) is 33.9 Å². The highest BCUT2D eigenvalue weighted by Crippen LogP contribution is 2.40. The van der Waals surface area contributed by atoms with Gasteiger partial charge in [0, 0.05) is 12.1 Å². The summed E-state index contributed by atoms with van der Waals surface area (Å²) in [4.78, 5) is 30.1. The molecule has 0 amide bonds. The van der Waals surface area contributed by atoms with E-state index in [1.807, 2.05) is 4.90 Å². The lowest BCUT2D eigenvalue weighted by molar-refractivity contribution is 0.192. The van der Waals surface area contributed by atoms with E-state index in [4.69, 9.17) is 0 Å². The van der Waals surface area contributed by atoms with Crippen molar-refractivity contribution < 1.29 is 4.39 Å². The summed E-state index contributed by atoms with van der Waals surface area (Å²) in [5.74, 6) is -0.365. The molecule has 1 atom stereocenters. The van der Waals surface area contributed by atoms with E-state index in [1.54, 1.807) is 32.2 Å². The predicted octanol–water partition coefficient (Wildman–Crippen LogP) is 0.911. The number of hydrogen-bond donors (Lipinski definition) is 2. The van der Waals surface area contributed by atoms with E-state index in [1.165, 1.54) is 6.07 Å². The lowest BCUT2D eigenvalue weighted by Gasteiger charge is -2.33. The molecule has 2 N–H and O–H groups in total. The summed E-state index contributed by atoms with van der Waals surface area (Å²) in [7, 11) is 1.80. The van der Waals surface area contributed by atoms with E-state index in [0.717, 1.165) is 0 Å². The van der Waals surface area contributed by atoms with Gasteiger partial charge < -0.3 is 4.98 Å². The van der Waals surface area contributed by atoms with Crippen molar-refractivity contribution in [2.75, 3.05) is 7.05 Å². The van der Waals surface area contributed by atoms with Crippen LogP contribution in [0.1, 0.15) is 23.7 Å². The third kappa shape index (κ3) is 1.58. The first kappa shape index (κ1) is 12.8. The van der Waals surface area contributed by atoms with Crippen molar-refractivity contribution in [2.24, 2.45) is 0 Å². The van der Waals surface area contributed by atoms with E-state index >= 15 is 0 Å². The maximum atomic E-state index is 14.2. The van der Waals surface area contributed by atoms with E-state index < -0.39 is 16.8 Å². The van der Waals surface area contributed by atoms with Crippen molar-refractivity contribution in [3.8, 4) is 0 Å². The molecule has 0 radical (unpaired) electrons. The fourth-order valence-corrected chi connectivity index (χ4v) is 2.86. The van der Waals surface area contributed by atoms with Crippen LogP contribution in [-0.2, 0) is 12.1 Å². The highest BCUT2D eigenvalue weighted by molar-refractivity contribution is 5.41. The predicted molar refractivity (Wildman–Crippen MR) is 72.0 cm³/mol. The number of aromatic amines is 2. The molecule has 2 aromatic rings. The smallest absolute Gasteiger partial charge is 0.309 e. The van der Waals surface area contributed by atoms with Crippen LogP contribution >= 0.6 is 0 Å². The summed E-state index contributed by atoms with van der Waals surface area (Å²) < 4.78 is 14.2. The molecule has 1 unspecified atom stereocenters. The average molecular weight is 275 g/mol. The second-order valence-corrected chi connectivity index (χ2v) is 5.17. The Morgan fingerprint density at radius 1 is 1.25 bits per heavy atom. The maximum absolute atomic E-state index is 14.2. The largest absolute Gasteiger partial charge is 0.325 e. The molecule has 2 heterocycles.